The summed E-state index contributed by atoms with van der Waals surface area (Å²) in [6, 6.07) is 0. The second-order valence-corrected chi connectivity index (χ2v) is 7.12. The standard InChI is InChI=1S/C18H33NO/c1-3-5-15-9-11-19(12-10-15)14-17-13-16(6-4-2)7-8-18(17)20/h15-17H,3-14H2,1-2H3. The van der Waals surface area contributed by atoms with E-state index < -0.39 is 0 Å². The van der Waals surface area contributed by atoms with Crippen molar-refractivity contribution in [1.82, 2.24) is 4.90 Å². The third-order valence-electron chi connectivity index (χ3n) is 5.45. The number of likely N-dealkylation sites (tertiary alicyclic amines) is 1. The number of nitrogens with zero attached hydrogens (tertiary/aromatic N) is 1. The Balaban J connectivity index is 1.76. The quantitative estimate of drug-likeness (QED) is 0.723. The number of carbonyl (C=O) groups is 1. The maximum absolute atomic E-state index is 12.2. The molecule has 0 spiro atoms. The van der Waals surface area contributed by atoms with Crippen LogP contribution in [0, 0.1) is 17.8 Å². The van der Waals surface area contributed by atoms with Gasteiger partial charge in [-0.15, -0.1) is 0 Å². The van der Waals surface area contributed by atoms with Crippen LogP contribution >= 0.6 is 0 Å². The normalized spacial score (nSPS) is 29.8. The molecule has 2 heteroatoms. The molecule has 0 aromatic rings. The van der Waals surface area contributed by atoms with Gasteiger partial charge in [0.25, 0.3) is 0 Å². The lowest BCUT2D eigenvalue weighted by Gasteiger charge is -2.36. The van der Waals surface area contributed by atoms with Gasteiger partial charge in [0.1, 0.15) is 5.78 Å². The maximum Gasteiger partial charge on any atom is 0.137 e. The van der Waals surface area contributed by atoms with E-state index in [1.807, 2.05) is 0 Å². The Kier molecular flexibility index (Phi) is 6.54. The van der Waals surface area contributed by atoms with Crippen molar-refractivity contribution in [3.05, 3.63) is 0 Å². The summed E-state index contributed by atoms with van der Waals surface area (Å²) in [6.45, 7) is 8.07. The number of carbonyl (C=O) groups excluding carboxylic acids is 1. The summed E-state index contributed by atoms with van der Waals surface area (Å²) in [5, 5.41) is 0. The molecule has 2 nitrogen and oxygen atoms in total. The summed E-state index contributed by atoms with van der Waals surface area (Å²) in [6.07, 6.45) is 11.2. The van der Waals surface area contributed by atoms with Crippen molar-refractivity contribution in [2.75, 3.05) is 19.6 Å². The van der Waals surface area contributed by atoms with E-state index >= 15 is 0 Å². The largest absolute Gasteiger partial charge is 0.303 e. The van der Waals surface area contributed by atoms with Crippen LogP contribution in [-0.2, 0) is 4.79 Å². The van der Waals surface area contributed by atoms with E-state index in [4.69, 9.17) is 0 Å². The Labute approximate surface area is 125 Å². The predicted octanol–water partition coefficient (Wildman–Crippen LogP) is 4.28. The van der Waals surface area contributed by atoms with Crippen LogP contribution in [0.15, 0.2) is 0 Å². The Bertz CT molecular complexity index is 294. The average Bonchev–Trinajstić information content (AvgIpc) is 2.45. The number of piperidine rings is 1. The van der Waals surface area contributed by atoms with E-state index in [9.17, 15) is 4.79 Å². The summed E-state index contributed by atoms with van der Waals surface area (Å²) in [5.74, 6) is 2.67. The zero-order chi connectivity index (χ0) is 14.4. The SMILES string of the molecule is CCCC1CCN(CC2CC(CCC)CCC2=O)CC1. The van der Waals surface area contributed by atoms with Gasteiger partial charge in [0.05, 0.1) is 0 Å². The van der Waals surface area contributed by atoms with Crippen LogP contribution in [0.2, 0.25) is 0 Å². The molecule has 1 saturated carbocycles. The van der Waals surface area contributed by atoms with Crippen molar-refractivity contribution >= 4 is 5.78 Å². The number of Topliss-reactive ketones (excluding diaryl/α,β-unsaturated/α-hetero) is 1. The molecule has 0 N–H and O–H groups in total. The van der Waals surface area contributed by atoms with Gasteiger partial charge < -0.3 is 4.90 Å². The highest BCUT2D eigenvalue weighted by Crippen LogP contribution is 2.31. The zero-order valence-corrected chi connectivity index (χ0v) is 13.6. The minimum absolute atomic E-state index is 0.350. The van der Waals surface area contributed by atoms with Gasteiger partial charge in [-0.05, 0) is 50.6 Å². The van der Waals surface area contributed by atoms with E-state index in [1.54, 1.807) is 0 Å². The summed E-state index contributed by atoms with van der Waals surface area (Å²) in [7, 11) is 0. The van der Waals surface area contributed by atoms with Crippen molar-refractivity contribution in [2.24, 2.45) is 17.8 Å². The fraction of sp³-hybridized carbons (Fsp3) is 0.944. The van der Waals surface area contributed by atoms with Crippen LogP contribution < -0.4 is 0 Å². The van der Waals surface area contributed by atoms with E-state index in [0.717, 1.165) is 31.2 Å². The van der Waals surface area contributed by atoms with E-state index in [1.165, 1.54) is 58.0 Å². The first-order valence-corrected chi connectivity index (χ1v) is 8.98. The van der Waals surface area contributed by atoms with Crippen molar-refractivity contribution < 1.29 is 4.79 Å². The smallest absolute Gasteiger partial charge is 0.137 e. The van der Waals surface area contributed by atoms with Crippen LogP contribution in [0.25, 0.3) is 0 Å². The van der Waals surface area contributed by atoms with Crippen LogP contribution in [0.3, 0.4) is 0 Å². The average molecular weight is 279 g/mol. The second-order valence-electron chi connectivity index (χ2n) is 7.12. The van der Waals surface area contributed by atoms with E-state index in [2.05, 4.69) is 18.7 Å². The molecule has 0 radical (unpaired) electrons. The lowest BCUT2D eigenvalue weighted by molar-refractivity contribution is -0.126. The van der Waals surface area contributed by atoms with Gasteiger partial charge in [-0.3, -0.25) is 4.79 Å². The number of ketones is 1. The Hall–Kier alpha value is -0.370. The van der Waals surface area contributed by atoms with Crippen LogP contribution in [0.5, 0.6) is 0 Å². The molecule has 1 aliphatic carbocycles. The van der Waals surface area contributed by atoms with Gasteiger partial charge in [-0.25, -0.2) is 0 Å². The molecular weight excluding hydrogens is 246 g/mol. The van der Waals surface area contributed by atoms with E-state index in [-0.39, 0.29) is 0 Å². The molecule has 2 fully saturated rings. The van der Waals surface area contributed by atoms with E-state index in [0.29, 0.717) is 11.7 Å². The Morgan fingerprint density at radius 3 is 2.30 bits per heavy atom. The summed E-state index contributed by atoms with van der Waals surface area (Å²) in [4.78, 5) is 14.7. The molecular formula is C18H33NO. The maximum atomic E-state index is 12.2. The van der Waals surface area contributed by atoms with Crippen LogP contribution in [-0.4, -0.2) is 30.3 Å². The van der Waals surface area contributed by atoms with Gasteiger partial charge in [-0.1, -0.05) is 39.5 Å². The number of hydrogen-bond acceptors (Lipinski definition) is 2. The molecule has 0 aromatic heterocycles. The molecule has 0 bridgehead atoms. The summed E-state index contributed by atoms with van der Waals surface area (Å²) < 4.78 is 0. The first-order valence-electron chi connectivity index (χ1n) is 8.98. The molecule has 116 valence electrons. The molecule has 1 saturated heterocycles. The molecule has 20 heavy (non-hydrogen) atoms. The molecule has 2 unspecified atom stereocenters. The zero-order valence-electron chi connectivity index (χ0n) is 13.6. The molecule has 2 atom stereocenters. The highest BCUT2D eigenvalue weighted by atomic mass is 16.1. The van der Waals surface area contributed by atoms with Crippen molar-refractivity contribution in [2.45, 2.75) is 71.6 Å². The molecule has 1 heterocycles. The Morgan fingerprint density at radius 2 is 1.65 bits per heavy atom. The summed E-state index contributed by atoms with van der Waals surface area (Å²) in [5.41, 5.74) is 0. The van der Waals surface area contributed by atoms with Crippen LogP contribution in [0.1, 0.15) is 71.6 Å². The third kappa shape index (κ3) is 4.58. The van der Waals surface area contributed by atoms with Crippen molar-refractivity contribution in [1.29, 1.82) is 0 Å². The van der Waals surface area contributed by atoms with Crippen LogP contribution in [0.4, 0.5) is 0 Å². The second kappa shape index (κ2) is 8.17. The fourth-order valence-corrected chi connectivity index (χ4v) is 4.23. The highest BCUT2D eigenvalue weighted by Gasteiger charge is 2.30. The lowest BCUT2D eigenvalue weighted by Crippen LogP contribution is -2.41. The molecule has 0 aromatic carbocycles. The highest BCUT2D eigenvalue weighted by molar-refractivity contribution is 5.81. The molecule has 0 amide bonds. The molecule has 2 rings (SSSR count). The monoisotopic (exact) mass is 279 g/mol. The van der Waals surface area contributed by atoms with Gasteiger partial charge >= 0.3 is 0 Å². The fourth-order valence-electron chi connectivity index (χ4n) is 4.23. The third-order valence-corrected chi connectivity index (χ3v) is 5.45. The summed E-state index contributed by atoms with van der Waals surface area (Å²) >= 11 is 0. The minimum atomic E-state index is 0.350. The van der Waals surface area contributed by atoms with Gasteiger partial charge in [0.15, 0.2) is 0 Å². The molecule has 2 aliphatic rings. The number of hydrogen-bond donors (Lipinski definition) is 0. The van der Waals surface area contributed by atoms with Gasteiger partial charge in [-0.2, -0.15) is 0 Å². The predicted molar refractivity (Wildman–Crippen MR) is 84.8 cm³/mol. The Morgan fingerprint density at radius 1 is 1.00 bits per heavy atom. The first-order chi connectivity index (χ1) is 9.72. The minimum Gasteiger partial charge on any atom is -0.303 e. The van der Waals surface area contributed by atoms with Crippen molar-refractivity contribution in [3.8, 4) is 0 Å². The van der Waals surface area contributed by atoms with Gasteiger partial charge in [0, 0.05) is 18.9 Å². The molecule has 1 aliphatic heterocycles. The lowest BCUT2D eigenvalue weighted by atomic mass is 9.78. The van der Waals surface area contributed by atoms with Gasteiger partial charge in [0.2, 0.25) is 0 Å². The topological polar surface area (TPSA) is 20.3 Å². The number of rotatable bonds is 6. The first kappa shape index (κ1) is 16.0. The van der Waals surface area contributed by atoms with Crippen molar-refractivity contribution in [3.63, 3.8) is 0 Å².